The number of hydrogen-bond donors (Lipinski definition) is 5. The first-order chi connectivity index (χ1) is 19.7. The van der Waals surface area contributed by atoms with Crippen LogP contribution < -0.4 is 16.4 Å². The van der Waals surface area contributed by atoms with Crippen LogP contribution in [0, 0.1) is 0 Å². The number of piperidine rings is 1. The Kier molecular flexibility index (Phi) is 10.8. The molecule has 14 heteroatoms. The Morgan fingerprint density at radius 1 is 1.02 bits per heavy atom. The topological polar surface area (TPSA) is 158 Å². The number of carbonyl (C=O) groups is 2. The van der Waals surface area contributed by atoms with Crippen molar-refractivity contribution in [2.45, 2.75) is 44.9 Å². The number of H-pyrrole nitrogens is 1. The van der Waals surface area contributed by atoms with Crippen LogP contribution in [0.4, 0.5) is 13.2 Å². The summed E-state index contributed by atoms with van der Waals surface area (Å²) in [6.45, 7) is 4.18. The molecule has 3 aromatic rings. The predicted molar refractivity (Wildman–Crippen MR) is 154 cm³/mol. The Hall–Kier alpha value is -3.46. The van der Waals surface area contributed by atoms with Gasteiger partial charge in [-0.05, 0) is 91.9 Å². The van der Waals surface area contributed by atoms with Gasteiger partial charge in [0.15, 0.2) is 0 Å². The molecule has 42 heavy (non-hydrogen) atoms. The number of halogens is 3. The summed E-state index contributed by atoms with van der Waals surface area (Å²) >= 11 is 0. The largest absolute Gasteiger partial charge is 0.490 e. The maximum atomic E-state index is 12.4. The van der Waals surface area contributed by atoms with Gasteiger partial charge in [-0.3, -0.25) is 4.79 Å². The lowest BCUT2D eigenvalue weighted by Crippen LogP contribution is -2.38. The van der Waals surface area contributed by atoms with Gasteiger partial charge in [-0.15, -0.1) is 0 Å². The van der Waals surface area contributed by atoms with E-state index in [1.54, 1.807) is 11.2 Å². The number of sulfonamides is 1. The molecule has 1 aliphatic rings. The molecule has 230 valence electrons. The monoisotopic (exact) mass is 611 g/mol. The summed E-state index contributed by atoms with van der Waals surface area (Å²) in [7, 11) is 0.662. The van der Waals surface area contributed by atoms with Crippen LogP contribution >= 0.6 is 0 Å². The second kappa shape index (κ2) is 13.7. The number of hydrogen-bond acceptors (Lipinski definition) is 6. The van der Waals surface area contributed by atoms with Crippen molar-refractivity contribution in [3.8, 4) is 11.1 Å². The number of carbonyl (C=O) groups excluding carboxylic acids is 1. The normalized spacial score (nSPS) is 14.9. The average Bonchev–Trinajstić information content (AvgIpc) is 3.36. The fraction of sp³-hybridized carbons (Fsp3) is 0.429. The number of benzene rings is 2. The Balaban J connectivity index is 0.000000616. The Bertz CT molecular complexity index is 1510. The molecule has 6 N–H and O–H groups in total. The van der Waals surface area contributed by atoms with E-state index < -0.39 is 28.1 Å². The summed E-state index contributed by atoms with van der Waals surface area (Å²) in [5.74, 6) is -2.90. The molecule has 0 spiro atoms. The van der Waals surface area contributed by atoms with Crippen LogP contribution in [0.1, 0.15) is 52.7 Å². The minimum Gasteiger partial charge on any atom is -0.475 e. The van der Waals surface area contributed by atoms with Crippen LogP contribution in [-0.2, 0) is 27.9 Å². The highest BCUT2D eigenvalue weighted by atomic mass is 32.2. The molecule has 0 aliphatic carbocycles. The molecule has 0 saturated carbocycles. The average molecular weight is 612 g/mol. The molecule has 1 fully saturated rings. The zero-order valence-electron chi connectivity index (χ0n) is 23.6. The van der Waals surface area contributed by atoms with Gasteiger partial charge >= 0.3 is 12.1 Å². The minimum atomic E-state index is -5.08. The molecule has 10 nitrogen and oxygen atoms in total. The van der Waals surface area contributed by atoms with Crippen LogP contribution in [0.5, 0.6) is 0 Å². The SMILES string of the molecule is CCS(=O)(=O)N1CCC(c2c[nH]c3c(C(N)=O)cc(-c4cc(CNC)cc(CNC)c4)cc23)CC1.O=C(O)C(F)(F)F. The number of carboxylic acid groups (broad SMARTS) is 1. The van der Waals surface area contributed by atoms with E-state index in [4.69, 9.17) is 15.6 Å². The fourth-order valence-corrected chi connectivity index (χ4v) is 6.25. The van der Waals surface area contributed by atoms with Gasteiger partial charge in [0.05, 0.1) is 16.8 Å². The predicted octanol–water partition coefficient (Wildman–Crippen LogP) is 3.54. The van der Waals surface area contributed by atoms with Crippen molar-refractivity contribution >= 4 is 32.8 Å². The maximum Gasteiger partial charge on any atom is 0.490 e. The molecule has 0 unspecified atom stereocenters. The number of primary amides is 1. The lowest BCUT2D eigenvalue weighted by atomic mass is 9.88. The van der Waals surface area contributed by atoms with E-state index in [1.165, 1.54) is 0 Å². The van der Waals surface area contributed by atoms with Gasteiger partial charge in [0.2, 0.25) is 10.0 Å². The van der Waals surface area contributed by atoms with Crippen molar-refractivity contribution in [3.05, 3.63) is 58.8 Å². The summed E-state index contributed by atoms with van der Waals surface area (Å²) in [4.78, 5) is 24.6. The van der Waals surface area contributed by atoms with Crippen molar-refractivity contribution in [1.82, 2.24) is 19.9 Å². The van der Waals surface area contributed by atoms with E-state index in [0.717, 1.165) is 64.7 Å². The zero-order valence-corrected chi connectivity index (χ0v) is 24.5. The fourth-order valence-electron chi connectivity index (χ4n) is 5.12. The smallest absolute Gasteiger partial charge is 0.475 e. The van der Waals surface area contributed by atoms with Crippen LogP contribution in [0.25, 0.3) is 22.0 Å². The number of carboxylic acids is 1. The molecule has 1 aromatic heterocycles. The third-order valence-electron chi connectivity index (χ3n) is 7.13. The summed E-state index contributed by atoms with van der Waals surface area (Å²) < 4.78 is 57.9. The standard InChI is InChI=1S/C26H35N5O3S.C2HF3O2/c1-4-35(33,34)31-7-5-19(6-8-31)24-16-30-25-22(24)12-21(13-23(25)26(27)32)20-10-17(14-28-2)9-18(11-20)15-29-3;3-2(4,5)1(6)7/h9-13,16,19,28-30H,4-8,14-15H2,1-3H3,(H2,27,32);(H,6,7). The molecule has 2 heterocycles. The van der Waals surface area contributed by atoms with Gasteiger partial charge in [-0.25, -0.2) is 17.5 Å². The first-order valence-corrected chi connectivity index (χ1v) is 15.0. The number of aromatic amines is 1. The van der Waals surface area contributed by atoms with E-state index in [1.807, 2.05) is 26.4 Å². The highest BCUT2D eigenvalue weighted by molar-refractivity contribution is 7.89. The first kappa shape index (κ1) is 33.0. The van der Waals surface area contributed by atoms with Crippen molar-refractivity contribution in [1.29, 1.82) is 0 Å². The second-order valence-corrected chi connectivity index (χ2v) is 12.3. The minimum absolute atomic E-state index is 0.123. The zero-order chi connectivity index (χ0) is 31.2. The lowest BCUT2D eigenvalue weighted by Gasteiger charge is -2.31. The molecule has 1 amide bonds. The third kappa shape index (κ3) is 7.88. The van der Waals surface area contributed by atoms with E-state index in [2.05, 4.69) is 39.9 Å². The summed E-state index contributed by atoms with van der Waals surface area (Å²) in [5, 5.41) is 14.5. The lowest BCUT2D eigenvalue weighted by molar-refractivity contribution is -0.192. The molecule has 1 aliphatic heterocycles. The molecule has 0 atom stereocenters. The van der Waals surface area contributed by atoms with E-state index in [0.29, 0.717) is 18.7 Å². The van der Waals surface area contributed by atoms with Crippen molar-refractivity contribution in [3.63, 3.8) is 0 Å². The summed E-state index contributed by atoms with van der Waals surface area (Å²) in [6, 6.07) is 10.4. The van der Waals surface area contributed by atoms with Crippen LogP contribution in [-0.4, -0.2) is 73.8 Å². The molecule has 4 rings (SSSR count). The maximum absolute atomic E-state index is 12.4. The number of nitrogens with one attached hydrogen (secondary N) is 3. The van der Waals surface area contributed by atoms with E-state index in [-0.39, 0.29) is 11.7 Å². The molecule has 1 saturated heterocycles. The van der Waals surface area contributed by atoms with E-state index in [9.17, 15) is 26.4 Å². The van der Waals surface area contributed by atoms with Gasteiger partial charge in [-0.1, -0.05) is 6.07 Å². The number of aliphatic carboxylic acids is 1. The Morgan fingerprint density at radius 3 is 2.00 bits per heavy atom. The van der Waals surface area contributed by atoms with Gasteiger partial charge in [0.1, 0.15) is 0 Å². The summed E-state index contributed by atoms with van der Waals surface area (Å²) in [5.41, 5.74) is 12.4. The Morgan fingerprint density at radius 2 is 1.55 bits per heavy atom. The van der Waals surface area contributed by atoms with Crippen LogP contribution in [0.2, 0.25) is 0 Å². The number of nitrogens with two attached hydrogens (primary N) is 1. The van der Waals surface area contributed by atoms with Gasteiger partial charge < -0.3 is 26.5 Å². The number of fused-ring (bicyclic) bond motifs is 1. The molecular formula is C28H36F3N5O5S. The Labute approximate surface area is 242 Å². The van der Waals surface area contributed by atoms with Crippen molar-refractivity contribution < 1.29 is 36.3 Å². The quantitative estimate of drug-likeness (QED) is 0.248. The van der Waals surface area contributed by atoms with Crippen LogP contribution in [0.15, 0.2) is 36.5 Å². The molecule has 2 aromatic carbocycles. The number of nitrogens with zero attached hydrogens (tertiary/aromatic N) is 1. The van der Waals surface area contributed by atoms with Crippen LogP contribution in [0.3, 0.4) is 0 Å². The number of aromatic nitrogens is 1. The third-order valence-corrected chi connectivity index (χ3v) is 9.01. The summed E-state index contributed by atoms with van der Waals surface area (Å²) in [6.07, 6.45) is -1.64. The van der Waals surface area contributed by atoms with Crippen molar-refractivity contribution in [2.75, 3.05) is 32.9 Å². The molecule has 0 bridgehead atoms. The van der Waals surface area contributed by atoms with Gasteiger partial charge in [0, 0.05) is 37.8 Å². The number of amides is 1. The van der Waals surface area contributed by atoms with Gasteiger partial charge in [-0.2, -0.15) is 13.2 Å². The van der Waals surface area contributed by atoms with E-state index >= 15 is 0 Å². The van der Waals surface area contributed by atoms with Gasteiger partial charge in [0.25, 0.3) is 5.91 Å². The highest BCUT2D eigenvalue weighted by Gasteiger charge is 2.38. The number of rotatable bonds is 9. The molecule has 0 radical (unpaired) electrons. The second-order valence-electron chi connectivity index (χ2n) is 10.0. The first-order valence-electron chi connectivity index (χ1n) is 13.4. The highest BCUT2D eigenvalue weighted by Crippen LogP contribution is 2.37. The van der Waals surface area contributed by atoms with Crippen molar-refractivity contribution in [2.24, 2.45) is 5.73 Å². The molecular weight excluding hydrogens is 575 g/mol. The number of alkyl halides is 3.